The molecule has 1 aromatic heterocycles. The van der Waals surface area contributed by atoms with E-state index in [0.29, 0.717) is 23.7 Å². The topological polar surface area (TPSA) is 80.0 Å². The fourth-order valence-corrected chi connectivity index (χ4v) is 3.32. The van der Waals surface area contributed by atoms with Crippen molar-refractivity contribution in [1.29, 1.82) is 0 Å². The minimum atomic E-state index is -4.41. The van der Waals surface area contributed by atoms with Crippen LogP contribution in [0.25, 0.3) is 0 Å². The third-order valence-corrected chi connectivity index (χ3v) is 4.81. The molecule has 0 radical (unpaired) electrons. The van der Waals surface area contributed by atoms with E-state index in [1.54, 1.807) is 24.3 Å². The van der Waals surface area contributed by atoms with Crippen molar-refractivity contribution in [2.75, 3.05) is 17.2 Å². The molecule has 3 rings (SSSR count). The van der Waals surface area contributed by atoms with Crippen molar-refractivity contribution in [2.45, 2.75) is 25.4 Å². The van der Waals surface area contributed by atoms with Gasteiger partial charge in [-0.15, -0.1) is 0 Å². The monoisotopic (exact) mass is 378 g/mol. The maximum absolute atomic E-state index is 12.6. The number of nitrogens with zero attached hydrogens (tertiary/aromatic N) is 1. The second-order valence-corrected chi connectivity index (χ2v) is 6.65. The van der Waals surface area contributed by atoms with Crippen LogP contribution in [0.15, 0.2) is 42.6 Å². The SMILES string of the molecule is NC[C@H]1CCC[C@H]1C(=O)Nc1ccc(Nc2ccc(C(F)(F)F)cn2)cc1. The number of alkyl halides is 3. The zero-order valence-electron chi connectivity index (χ0n) is 14.6. The number of hydrogen-bond donors (Lipinski definition) is 3. The van der Waals surface area contributed by atoms with E-state index in [1.807, 2.05) is 0 Å². The first-order valence-electron chi connectivity index (χ1n) is 8.78. The molecule has 1 amide bonds. The molecule has 4 N–H and O–H groups in total. The van der Waals surface area contributed by atoms with Crippen LogP contribution < -0.4 is 16.4 Å². The van der Waals surface area contributed by atoms with E-state index < -0.39 is 11.7 Å². The van der Waals surface area contributed by atoms with Crippen LogP contribution in [0.3, 0.4) is 0 Å². The fourth-order valence-electron chi connectivity index (χ4n) is 3.32. The van der Waals surface area contributed by atoms with E-state index in [4.69, 9.17) is 5.73 Å². The molecule has 144 valence electrons. The molecule has 1 heterocycles. The molecule has 8 heteroatoms. The van der Waals surface area contributed by atoms with Gasteiger partial charge in [-0.3, -0.25) is 4.79 Å². The van der Waals surface area contributed by atoms with Crippen LogP contribution in [0, 0.1) is 11.8 Å². The standard InChI is InChI=1S/C19H21F3N4O/c20-19(21,22)13-4-9-17(24-11-13)25-14-5-7-15(8-6-14)26-18(27)16-3-1-2-12(16)10-23/h4-9,11-12,16H,1-3,10,23H2,(H,24,25)(H,26,27)/t12-,16-/m1/s1. The number of rotatable bonds is 5. The van der Waals surface area contributed by atoms with E-state index in [1.165, 1.54) is 6.07 Å². The molecule has 0 unspecified atom stereocenters. The van der Waals surface area contributed by atoms with Gasteiger partial charge in [0.15, 0.2) is 0 Å². The van der Waals surface area contributed by atoms with E-state index in [9.17, 15) is 18.0 Å². The Balaban J connectivity index is 1.59. The quantitative estimate of drug-likeness (QED) is 0.730. The van der Waals surface area contributed by atoms with Crippen molar-refractivity contribution in [3.8, 4) is 0 Å². The number of pyridine rings is 1. The molecule has 5 nitrogen and oxygen atoms in total. The Kier molecular flexibility index (Phi) is 5.65. The van der Waals surface area contributed by atoms with Gasteiger partial charge in [0.2, 0.25) is 5.91 Å². The van der Waals surface area contributed by atoms with E-state index in [2.05, 4.69) is 15.6 Å². The second kappa shape index (κ2) is 7.96. The molecule has 1 fully saturated rings. The van der Waals surface area contributed by atoms with Gasteiger partial charge >= 0.3 is 6.18 Å². The van der Waals surface area contributed by atoms with Crippen LogP contribution in [-0.4, -0.2) is 17.4 Å². The zero-order chi connectivity index (χ0) is 19.4. The number of benzene rings is 1. The number of amides is 1. The molecule has 27 heavy (non-hydrogen) atoms. The smallest absolute Gasteiger partial charge is 0.340 e. The van der Waals surface area contributed by atoms with Gasteiger partial charge in [-0.25, -0.2) is 4.98 Å². The molecule has 1 saturated carbocycles. The van der Waals surface area contributed by atoms with Crippen LogP contribution in [0.4, 0.5) is 30.4 Å². The van der Waals surface area contributed by atoms with Crippen molar-refractivity contribution in [2.24, 2.45) is 17.6 Å². The maximum atomic E-state index is 12.6. The Morgan fingerprint density at radius 3 is 2.41 bits per heavy atom. The molecule has 0 spiro atoms. The average molecular weight is 378 g/mol. The summed E-state index contributed by atoms with van der Waals surface area (Å²) >= 11 is 0. The number of carbonyl (C=O) groups excluding carboxylic acids is 1. The summed E-state index contributed by atoms with van der Waals surface area (Å²) in [6.45, 7) is 0.515. The number of halogens is 3. The van der Waals surface area contributed by atoms with Crippen molar-refractivity contribution < 1.29 is 18.0 Å². The summed E-state index contributed by atoms with van der Waals surface area (Å²) in [5, 5.41) is 5.83. The third kappa shape index (κ3) is 4.77. The number of nitrogens with two attached hydrogens (primary N) is 1. The highest BCUT2D eigenvalue weighted by Gasteiger charge is 2.32. The van der Waals surface area contributed by atoms with E-state index in [0.717, 1.165) is 31.5 Å². The van der Waals surface area contributed by atoms with Crippen LogP contribution in [0.5, 0.6) is 0 Å². The van der Waals surface area contributed by atoms with Crippen LogP contribution in [0.1, 0.15) is 24.8 Å². The summed E-state index contributed by atoms with van der Waals surface area (Å²) in [6, 6.07) is 9.16. The van der Waals surface area contributed by atoms with Gasteiger partial charge < -0.3 is 16.4 Å². The lowest BCUT2D eigenvalue weighted by Gasteiger charge is -2.17. The molecule has 1 aliphatic carbocycles. The summed E-state index contributed by atoms with van der Waals surface area (Å²) in [5.74, 6) is 0.463. The summed E-state index contributed by atoms with van der Waals surface area (Å²) in [5.41, 5.74) is 6.24. The molecule has 2 atom stereocenters. The normalized spacial score (nSPS) is 19.7. The first-order chi connectivity index (χ1) is 12.9. The van der Waals surface area contributed by atoms with Gasteiger partial charge in [0.05, 0.1) is 5.56 Å². The number of anilines is 3. The molecule has 1 aliphatic rings. The van der Waals surface area contributed by atoms with Gasteiger partial charge in [0.1, 0.15) is 5.82 Å². The third-order valence-electron chi connectivity index (χ3n) is 4.81. The highest BCUT2D eigenvalue weighted by molar-refractivity contribution is 5.93. The van der Waals surface area contributed by atoms with Crippen molar-refractivity contribution in [3.05, 3.63) is 48.2 Å². The predicted octanol–water partition coefficient (Wildman–Crippen LogP) is 4.16. The number of aromatic nitrogens is 1. The molecule has 1 aromatic carbocycles. The van der Waals surface area contributed by atoms with Crippen molar-refractivity contribution >= 4 is 23.1 Å². The summed E-state index contributed by atoms with van der Waals surface area (Å²) < 4.78 is 37.7. The summed E-state index contributed by atoms with van der Waals surface area (Å²) in [4.78, 5) is 16.2. The molecular formula is C19H21F3N4O. The van der Waals surface area contributed by atoms with E-state index >= 15 is 0 Å². The van der Waals surface area contributed by atoms with Gasteiger partial charge in [0.25, 0.3) is 0 Å². The first-order valence-corrected chi connectivity index (χ1v) is 8.78. The molecule has 0 aliphatic heterocycles. The molecular weight excluding hydrogens is 357 g/mol. The van der Waals surface area contributed by atoms with Crippen molar-refractivity contribution in [1.82, 2.24) is 4.98 Å². The summed E-state index contributed by atoms with van der Waals surface area (Å²) in [6.07, 6.45) is -0.770. The zero-order valence-corrected chi connectivity index (χ0v) is 14.6. The maximum Gasteiger partial charge on any atom is 0.417 e. The molecule has 2 aromatic rings. The van der Waals surface area contributed by atoms with Crippen molar-refractivity contribution in [3.63, 3.8) is 0 Å². The fraction of sp³-hybridized carbons (Fsp3) is 0.368. The molecule has 0 bridgehead atoms. The van der Waals surface area contributed by atoms with Gasteiger partial charge in [-0.1, -0.05) is 6.42 Å². The van der Waals surface area contributed by atoms with Gasteiger partial charge in [0, 0.05) is 23.5 Å². The Morgan fingerprint density at radius 2 is 1.81 bits per heavy atom. The minimum absolute atomic E-state index is 0.0203. The number of nitrogens with one attached hydrogen (secondary N) is 2. The predicted molar refractivity (Wildman–Crippen MR) is 97.5 cm³/mol. The lowest BCUT2D eigenvalue weighted by Crippen LogP contribution is -2.29. The van der Waals surface area contributed by atoms with Crippen LogP contribution in [-0.2, 0) is 11.0 Å². The first kappa shape index (κ1) is 19.2. The average Bonchev–Trinajstić information content (AvgIpc) is 3.12. The lowest BCUT2D eigenvalue weighted by molar-refractivity contribution is -0.137. The molecule has 0 saturated heterocycles. The van der Waals surface area contributed by atoms with Gasteiger partial charge in [-0.2, -0.15) is 13.2 Å². The highest BCUT2D eigenvalue weighted by atomic mass is 19.4. The summed E-state index contributed by atoms with van der Waals surface area (Å²) in [7, 11) is 0. The lowest BCUT2D eigenvalue weighted by atomic mass is 9.95. The number of hydrogen-bond acceptors (Lipinski definition) is 4. The Hall–Kier alpha value is -2.61. The Bertz CT molecular complexity index is 775. The second-order valence-electron chi connectivity index (χ2n) is 6.65. The van der Waals surface area contributed by atoms with Crippen LogP contribution in [0.2, 0.25) is 0 Å². The Morgan fingerprint density at radius 1 is 1.11 bits per heavy atom. The number of carbonyl (C=O) groups is 1. The minimum Gasteiger partial charge on any atom is -0.340 e. The van der Waals surface area contributed by atoms with E-state index in [-0.39, 0.29) is 17.7 Å². The van der Waals surface area contributed by atoms with Gasteiger partial charge in [-0.05, 0) is 61.7 Å². The Labute approximate surface area is 155 Å². The largest absolute Gasteiger partial charge is 0.417 e. The highest BCUT2D eigenvalue weighted by Crippen LogP contribution is 2.32. The van der Waals surface area contributed by atoms with Crippen LogP contribution >= 0.6 is 0 Å².